The molecule has 0 aliphatic rings. The van der Waals surface area contributed by atoms with E-state index < -0.39 is 11.5 Å². The van der Waals surface area contributed by atoms with Crippen molar-refractivity contribution in [3.63, 3.8) is 0 Å². The van der Waals surface area contributed by atoms with Crippen molar-refractivity contribution in [2.24, 2.45) is 0 Å². The Balaban J connectivity index is 2.56. The Bertz CT molecular complexity index is 435. The molecular weight excluding hydrogens is 230 g/mol. The number of aryl methyl sites for hydroxylation is 1. The number of hydrogen-bond acceptors (Lipinski definition) is 2. The van der Waals surface area contributed by atoms with Crippen LogP contribution < -0.4 is 5.32 Å². The van der Waals surface area contributed by atoms with E-state index in [9.17, 15) is 9.59 Å². The standard InChI is InChI=1S/C14H19NO3/c1-10-4-6-11(7-5-10)8-12(16)15-14(2,3)9-13(17)18/h4-7H,8-9H2,1-3H3,(H,15,16)(H,17,18). The van der Waals surface area contributed by atoms with E-state index in [0.717, 1.165) is 11.1 Å². The molecule has 0 spiro atoms. The van der Waals surface area contributed by atoms with Gasteiger partial charge in [-0.1, -0.05) is 29.8 Å². The first-order valence-electron chi connectivity index (χ1n) is 5.87. The summed E-state index contributed by atoms with van der Waals surface area (Å²) in [6.07, 6.45) is 0.177. The van der Waals surface area contributed by atoms with Crippen LogP contribution in [-0.4, -0.2) is 22.5 Å². The lowest BCUT2D eigenvalue weighted by Gasteiger charge is -2.24. The third-order valence-electron chi connectivity index (χ3n) is 2.56. The molecule has 0 heterocycles. The van der Waals surface area contributed by atoms with Gasteiger partial charge in [-0.25, -0.2) is 0 Å². The van der Waals surface area contributed by atoms with Crippen molar-refractivity contribution in [3.8, 4) is 0 Å². The van der Waals surface area contributed by atoms with Gasteiger partial charge in [0.05, 0.1) is 12.8 Å². The van der Waals surface area contributed by atoms with Crippen molar-refractivity contribution in [3.05, 3.63) is 35.4 Å². The first-order valence-corrected chi connectivity index (χ1v) is 5.87. The number of hydrogen-bond donors (Lipinski definition) is 2. The lowest BCUT2D eigenvalue weighted by molar-refractivity contribution is -0.138. The average Bonchev–Trinajstić information content (AvgIpc) is 2.18. The largest absolute Gasteiger partial charge is 0.481 e. The molecule has 1 rings (SSSR count). The number of amides is 1. The number of benzene rings is 1. The molecule has 98 valence electrons. The summed E-state index contributed by atoms with van der Waals surface area (Å²) >= 11 is 0. The highest BCUT2D eigenvalue weighted by Gasteiger charge is 2.23. The molecule has 1 amide bonds. The lowest BCUT2D eigenvalue weighted by atomic mass is 10.00. The number of carbonyl (C=O) groups is 2. The number of carboxylic acids is 1. The Morgan fingerprint density at radius 2 is 1.78 bits per heavy atom. The summed E-state index contributed by atoms with van der Waals surface area (Å²) in [6, 6.07) is 7.70. The number of aliphatic carboxylic acids is 1. The average molecular weight is 249 g/mol. The first-order chi connectivity index (χ1) is 8.28. The maximum absolute atomic E-state index is 11.8. The van der Waals surface area contributed by atoms with Crippen molar-refractivity contribution in [2.45, 2.75) is 39.2 Å². The monoisotopic (exact) mass is 249 g/mol. The first kappa shape index (κ1) is 14.2. The van der Waals surface area contributed by atoms with Gasteiger partial charge in [0.25, 0.3) is 0 Å². The zero-order chi connectivity index (χ0) is 13.8. The van der Waals surface area contributed by atoms with Crippen molar-refractivity contribution in [1.29, 1.82) is 0 Å². The smallest absolute Gasteiger partial charge is 0.305 e. The minimum atomic E-state index is -0.921. The molecule has 0 atom stereocenters. The van der Waals surface area contributed by atoms with E-state index in [1.807, 2.05) is 31.2 Å². The molecular formula is C14H19NO3. The Kier molecular flexibility index (Phi) is 4.48. The van der Waals surface area contributed by atoms with Crippen LogP contribution in [-0.2, 0) is 16.0 Å². The van der Waals surface area contributed by atoms with Crippen molar-refractivity contribution >= 4 is 11.9 Å². The van der Waals surface area contributed by atoms with E-state index in [1.54, 1.807) is 13.8 Å². The van der Waals surface area contributed by atoms with Crippen LogP contribution in [0.5, 0.6) is 0 Å². The summed E-state index contributed by atoms with van der Waals surface area (Å²) in [6.45, 7) is 5.39. The SMILES string of the molecule is Cc1ccc(CC(=O)NC(C)(C)CC(=O)O)cc1. The molecule has 0 bridgehead atoms. The third kappa shape index (κ3) is 4.99. The lowest BCUT2D eigenvalue weighted by Crippen LogP contribution is -2.45. The van der Waals surface area contributed by atoms with Crippen LogP contribution in [0.4, 0.5) is 0 Å². The van der Waals surface area contributed by atoms with Crippen molar-refractivity contribution in [2.75, 3.05) is 0 Å². The van der Waals surface area contributed by atoms with E-state index in [-0.39, 0.29) is 18.7 Å². The molecule has 4 nitrogen and oxygen atoms in total. The van der Waals surface area contributed by atoms with Gasteiger partial charge >= 0.3 is 5.97 Å². The summed E-state index contributed by atoms with van der Waals surface area (Å²) in [7, 11) is 0. The molecule has 0 aromatic heterocycles. The fraction of sp³-hybridized carbons (Fsp3) is 0.429. The van der Waals surface area contributed by atoms with Gasteiger partial charge < -0.3 is 10.4 Å². The quantitative estimate of drug-likeness (QED) is 0.837. The predicted molar refractivity (Wildman–Crippen MR) is 69.4 cm³/mol. The Morgan fingerprint density at radius 3 is 2.28 bits per heavy atom. The van der Waals surface area contributed by atoms with Crippen LogP contribution >= 0.6 is 0 Å². The molecule has 18 heavy (non-hydrogen) atoms. The summed E-state index contributed by atoms with van der Waals surface area (Å²) in [5, 5.41) is 11.5. The van der Waals surface area contributed by atoms with Crippen LogP contribution in [0.3, 0.4) is 0 Å². The Hall–Kier alpha value is -1.84. The molecule has 0 aliphatic heterocycles. The van der Waals surface area contributed by atoms with E-state index in [1.165, 1.54) is 0 Å². The third-order valence-corrected chi connectivity index (χ3v) is 2.56. The minimum Gasteiger partial charge on any atom is -0.481 e. The highest BCUT2D eigenvalue weighted by molar-refractivity contribution is 5.80. The molecule has 0 fully saturated rings. The second-order valence-corrected chi connectivity index (χ2v) is 5.16. The van der Waals surface area contributed by atoms with Gasteiger partial charge in [-0.2, -0.15) is 0 Å². The summed E-state index contributed by atoms with van der Waals surface area (Å²) in [5.41, 5.74) is 1.34. The van der Waals surface area contributed by atoms with Gasteiger partial charge in [-0.05, 0) is 26.3 Å². The number of carbonyl (C=O) groups excluding carboxylic acids is 1. The van der Waals surface area contributed by atoms with E-state index in [0.29, 0.717) is 0 Å². The van der Waals surface area contributed by atoms with Crippen LogP contribution in [0.15, 0.2) is 24.3 Å². The number of carboxylic acid groups (broad SMARTS) is 1. The molecule has 0 aliphatic carbocycles. The van der Waals surface area contributed by atoms with Gasteiger partial charge in [0.1, 0.15) is 0 Å². The zero-order valence-corrected chi connectivity index (χ0v) is 11.0. The molecule has 0 saturated heterocycles. The van der Waals surface area contributed by atoms with Crippen LogP contribution in [0, 0.1) is 6.92 Å². The second kappa shape index (κ2) is 5.67. The fourth-order valence-electron chi connectivity index (χ4n) is 1.74. The molecule has 0 unspecified atom stereocenters. The van der Waals surface area contributed by atoms with E-state index in [2.05, 4.69) is 5.32 Å². The van der Waals surface area contributed by atoms with E-state index >= 15 is 0 Å². The maximum Gasteiger partial charge on any atom is 0.305 e. The van der Waals surface area contributed by atoms with E-state index in [4.69, 9.17) is 5.11 Å². The molecule has 2 N–H and O–H groups in total. The topological polar surface area (TPSA) is 66.4 Å². The molecule has 0 radical (unpaired) electrons. The Labute approximate surface area is 107 Å². The second-order valence-electron chi connectivity index (χ2n) is 5.16. The maximum atomic E-state index is 11.8. The number of nitrogens with one attached hydrogen (secondary N) is 1. The van der Waals surface area contributed by atoms with Crippen molar-refractivity contribution < 1.29 is 14.7 Å². The molecule has 1 aromatic carbocycles. The van der Waals surface area contributed by atoms with Gasteiger partial charge in [-0.3, -0.25) is 9.59 Å². The summed E-state index contributed by atoms with van der Waals surface area (Å²) < 4.78 is 0. The molecule has 4 heteroatoms. The minimum absolute atomic E-state index is 0.0906. The van der Waals surface area contributed by atoms with Gasteiger partial charge in [0.2, 0.25) is 5.91 Å². The molecule has 0 saturated carbocycles. The van der Waals surface area contributed by atoms with Crippen LogP contribution in [0.2, 0.25) is 0 Å². The summed E-state index contributed by atoms with van der Waals surface area (Å²) in [5.74, 6) is -1.08. The van der Waals surface area contributed by atoms with Crippen molar-refractivity contribution in [1.82, 2.24) is 5.32 Å². The normalized spacial score (nSPS) is 11.1. The van der Waals surface area contributed by atoms with Crippen LogP contribution in [0.25, 0.3) is 0 Å². The molecule has 1 aromatic rings. The highest BCUT2D eigenvalue weighted by Crippen LogP contribution is 2.09. The van der Waals surface area contributed by atoms with Gasteiger partial charge in [-0.15, -0.1) is 0 Å². The van der Waals surface area contributed by atoms with Gasteiger partial charge in [0, 0.05) is 5.54 Å². The predicted octanol–water partition coefficient (Wildman–Crippen LogP) is 1.91. The Morgan fingerprint density at radius 1 is 1.22 bits per heavy atom. The van der Waals surface area contributed by atoms with Crippen LogP contribution in [0.1, 0.15) is 31.4 Å². The van der Waals surface area contributed by atoms with Gasteiger partial charge in [0.15, 0.2) is 0 Å². The highest BCUT2D eigenvalue weighted by atomic mass is 16.4. The summed E-state index contributed by atoms with van der Waals surface area (Å²) in [4.78, 5) is 22.4. The zero-order valence-electron chi connectivity index (χ0n) is 11.0. The number of rotatable bonds is 5. The fourth-order valence-corrected chi connectivity index (χ4v) is 1.74.